The number of benzene rings is 2. The van der Waals surface area contributed by atoms with E-state index in [1.165, 1.54) is 11.9 Å². The van der Waals surface area contributed by atoms with E-state index in [1.54, 1.807) is 0 Å². The van der Waals surface area contributed by atoms with Gasteiger partial charge in [0.2, 0.25) is 0 Å². The topological polar surface area (TPSA) is 99.4 Å². The molecule has 8 heteroatoms. The zero-order valence-corrected chi connectivity index (χ0v) is 20.0. The third kappa shape index (κ3) is 5.55. The molecule has 2 aromatic heterocycles. The fourth-order valence-electron chi connectivity index (χ4n) is 4.30. The first-order valence-electron chi connectivity index (χ1n) is 12.0. The summed E-state index contributed by atoms with van der Waals surface area (Å²) < 4.78 is 0. The molecule has 0 spiro atoms. The standard InChI is InChI=1S/C28H29N7O/c29-28(36)24-20-32-26(18-25(24)31-19-21-6-2-1-3-7-21)33-22-9-11-23(12-10-22)34-14-16-35(17-15-34)27-8-4-5-13-30-27/h1-13,18,20H,14-17,19H2,(H2,29,36)(H2,31,32,33). The number of rotatable bonds is 8. The van der Waals surface area contributed by atoms with Crippen LogP contribution in [0.1, 0.15) is 15.9 Å². The Hall–Kier alpha value is -4.59. The number of piperazine rings is 1. The molecule has 1 aliphatic heterocycles. The van der Waals surface area contributed by atoms with E-state index in [2.05, 4.69) is 48.6 Å². The van der Waals surface area contributed by atoms with E-state index in [0.717, 1.165) is 43.2 Å². The summed E-state index contributed by atoms with van der Waals surface area (Å²) >= 11 is 0. The van der Waals surface area contributed by atoms with Crippen molar-refractivity contribution in [3.05, 3.63) is 102 Å². The minimum atomic E-state index is -0.517. The molecule has 1 aliphatic rings. The molecule has 0 atom stereocenters. The minimum Gasteiger partial charge on any atom is -0.380 e. The number of aromatic nitrogens is 2. The Balaban J connectivity index is 1.22. The van der Waals surface area contributed by atoms with Gasteiger partial charge in [0.05, 0.1) is 11.3 Å². The van der Waals surface area contributed by atoms with Crippen molar-refractivity contribution in [3.8, 4) is 0 Å². The Morgan fingerprint density at radius 3 is 2.28 bits per heavy atom. The maximum atomic E-state index is 11.9. The van der Waals surface area contributed by atoms with E-state index in [0.29, 0.717) is 23.6 Å². The second kappa shape index (κ2) is 10.8. The maximum absolute atomic E-state index is 11.9. The summed E-state index contributed by atoms with van der Waals surface area (Å²) in [5, 5.41) is 6.64. The lowest BCUT2D eigenvalue weighted by atomic mass is 10.2. The van der Waals surface area contributed by atoms with Gasteiger partial charge in [-0.2, -0.15) is 0 Å². The van der Waals surface area contributed by atoms with Gasteiger partial charge in [-0.15, -0.1) is 0 Å². The van der Waals surface area contributed by atoms with Crippen molar-refractivity contribution < 1.29 is 4.79 Å². The molecule has 8 nitrogen and oxygen atoms in total. The number of hydrogen-bond donors (Lipinski definition) is 3. The molecule has 0 radical (unpaired) electrons. The minimum absolute atomic E-state index is 0.358. The monoisotopic (exact) mass is 479 g/mol. The number of amides is 1. The van der Waals surface area contributed by atoms with Gasteiger partial charge in [0.25, 0.3) is 5.91 Å². The van der Waals surface area contributed by atoms with Gasteiger partial charge in [-0.25, -0.2) is 9.97 Å². The summed E-state index contributed by atoms with van der Waals surface area (Å²) in [6.07, 6.45) is 3.35. The fraction of sp³-hybridized carbons (Fsp3) is 0.179. The molecule has 1 fully saturated rings. The van der Waals surface area contributed by atoms with Crippen LogP contribution in [-0.2, 0) is 6.54 Å². The van der Waals surface area contributed by atoms with Crippen LogP contribution in [0.25, 0.3) is 0 Å². The fourth-order valence-corrected chi connectivity index (χ4v) is 4.30. The number of primary amides is 1. The molecular weight excluding hydrogens is 450 g/mol. The zero-order valence-electron chi connectivity index (χ0n) is 20.0. The maximum Gasteiger partial charge on any atom is 0.252 e. The predicted octanol–water partition coefficient (Wildman–Crippen LogP) is 4.26. The lowest BCUT2D eigenvalue weighted by Gasteiger charge is -2.36. The molecule has 1 saturated heterocycles. The van der Waals surface area contributed by atoms with Gasteiger partial charge in [0.15, 0.2) is 0 Å². The Bertz CT molecular complexity index is 1290. The SMILES string of the molecule is NC(=O)c1cnc(Nc2ccc(N3CCN(c4ccccn4)CC3)cc2)cc1NCc1ccccc1. The quantitative estimate of drug-likeness (QED) is 0.347. The van der Waals surface area contributed by atoms with E-state index >= 15 is 0 Å². The van der Waals surface area contributed by atoms with Gasteiger partial charge in [0.1, 0.15) is 11.6 Å². The molecule has 182 valence electrons. The highest BCUT2D eigenvalue weighted by Crippen LogP contribution is 2.25. The molecule has 36 heavy (non-hydrogen) atoms. The molecule has 5 rings (SSSR count). The average Bonchev–Trinajstić information content (AvgIpc) is 2.93. The van der Waals surface area contributed by atoms with Crippen LogP contribution in [-0.4, -0.2) is 42.1 Å². The zero-order chi connectivity index (χ0) is 24.7. The third-order valence-electron chi connectivity index (χ3n) is 6.25. The highest BCUT2D eigenvalue weighted by molar-refractivity contribution is 5.98. The van der Waals surface area contributed by atoms with Gasteiger partial charge in [-0.05, 0) is 42.0 Å². The Morgan fingerprint density at radius 1 is 0.861 bits per heavy atom. The molecule has 0 bridgehead atoms. The first-order chi connectivity index (χ1) is 17.7. The lowest BCUT2D eigenvalue weighted by molar-refractivity contribution is 0.100. The van der Waals surface area contributed by atoms with Crippen LogP contribution in [0.2, 0.25) is 0 Å². The van der Waals surface area contributed by atoms with Gasteiger partial charge < -0.3 is 26.2 Å². The van der Waals surface area contributed by atoms with Crippen LogP contribution in [0, 0.1) is 0 Å². The summed E-state index contributed by atoms with van der Waals surface area (Å²) in [5.41, 5.74) is 9.77. The summed E-state index contributed by atoms with van der Waals surface area (Å²) in [7, 11) is 0. The number of nitrogens with zero attached hydrogens (tertiary/aromatic N) is 4. The van der Waals surface area contributed by atoms with Gasteiger partial charge in [0, 0.05) is 62.6 Å². The molecule has 0 aliphatic carbocycles. The summed E-state index contributed by atoms with van der Waals surface area (Å²) in [6.45, 7) is 4.33. The molecule has 0 saturated carbocycles. The van der Waals surface area contributed by atoms with Crippen molar-refractivity contribution in [2.45, 2.75) is 6.54 Å². The number of carbonyl (C=O) groups excluding carboxylic acids is 1. The van der Waals surface area contributed by atoms with Crippen LogP contribution in [0.3, 0.4) is 0 Å². The van der Waals surface area contributed by atoms with Crippen molar-refractivity contribution in [2.75, 3.05) is 46.6 Å². The number of nitrogens with one attached hydrogen (secondary N) is 2. The molecule has 0 unspecified atom stereocenters. The van der Waals surface area contributed by atoms with Crippen LogP contribution >= 0.6 is 0 Å². The van der Waals surface area contributed by atoms with Crippen LogP contribution < -0.4 is 26.2 Å². The Kier molecular flexibility index (Phi) is 6.93. The number of anilines is 5. The normalized spacial score (nSPS) is 13.3. The summed E-state index contributed by atoms with van der Waals surface area (Å²) in [4.78, 5) is 25.5. The lowest BCUT2D eigenvalue weighted by Crippen LogP contribution is -2.46. The second-order valence-electron chi connectivity index (χ2n) is 8.65. The first-order valence-corrected chi connectivity index (χ1v) is 12.0. The van der Waals surface area contributed by atoms with Crippen molar-refractivity contribution in [2.24, 2.45) is 5.73 Å². The molecule has 1 amide bonds. The van der Waals surface area contributed by atoms with E-state index in [4.69, 9.17) is 5.73 Å². The predicted molar refractivity (Wildman–Crippen MR) is 145 cm³/mol. The molecule has 2 aromatic carbocycles. The number of carbonyl (C=O) groups is 1. The van der Waals surface area contributed by atoms with Crippen LogP contribution in [0.5, 0.6) is 0 Å². The second-order valence-corrected chi connectivity index (χ2v) is 8.65. The summed E-state index contributed by atoms with van der Waals surface area (Å²) in [5.74, 6) is 1.15. The smallest absolute Gasteiger partial charge is 0.252 e. The highest BCUT2D eigenvalue weighted by atomic mass is 16.1. The van der Waals surface area contributed by atoms with E-state index in [9.17, 15) is 4.79 Å². The van der Waals surface area contributed by atoms with Crippen molar-refractivity contribution in [1.82, 2.24) is 9.97 Å². The van der Waals surface area contributed by atoms with Crippen LogP contribution in [0.4, 0.5) is 28.7 Å². The number of pyridine rings is 2. The largest absolute Gasteiger partial charge is 0.380 e. The summed E-state index contributed by atoms with van der Waals surface area (Å²) in [6, 6.07) is 26.1. The van der Waals surface area contributed by atoms with Gasteiger partial charge >= 0.3 is 0 Å². The van der Waals surface area contributed by atoms with Gasteiger partial charge in [-0.1, -0.05) is 36.4 Å². The number of hydrogen-bond acceptors (Lipinski definition) is 7. The van der Waals surface area contributed by atoms with Crippen LogP contribution in [0.15, 0.2) is 91.3 Å². The third-order valence-corrected chi connectivity index (χ3v) is 6.25. The van der Waals surface area contributed by atoms with Crippen molar-refractivity contribution >= 4 is 34.6 Å². The van der Waals surface area contributed by atoms with Gasteiger partial charge in [-0.3, -0.25) is 4.79 Å². The highest BCUT2D eigenvalue weighted by Gasteiger charge is 2.18. The van der Waals surface area contributed by atoms with E-state index in [1.807, 2.05) is 66.9 Å². The van der Waals surface area contributed by atoms with Crippen molar-refractivity contribution in [1.29, 1.82) is 0 Å². The molecule has 3 heterocycles. The van der Waals surface area contributed by atoms with Crippen molar-refractivity contribution in [3.63, 3.8) is 0 Å². The van der Waals surface area contributed by atoms with E-state index < -0.39 is 5.91 Å². The molecule has 4 N–H and O–H groups in total. The average molecular weight is 480 g/mol. The Morgan fingerprint density at radius 2 is 1.58 bits per heavy atom. The molecule has 4 aromatic rings. The van der Waals surface area contributed by atoms with E-state index in [-0.39, 0.29) is 0 Å². The first kappa shape index (κ1) is 23.2. The molecular formula is C28H29N7O. The number of nitrogens with two attached hydrogens (primary N) is 1. The Labute approximate surface area is 210 Å².